The molecule has 0 aliphatic heterocycles. The molecule has 1 heterocycles. The second-order valence-electron chi connectivity index (χ2n) is 4.53. The molecule has 0 bridgehead atoms. The summed E-state index contributed by atoms with van der Waals surface area (Å²) in [5.74, 6) is 1.14. The first-order valence-corrected chi connectivity index (χ1v) is 6.04. The highest BCUT2D eigenvalue weighted by atomic mass is 16.3. The third-order valence-corrected chi connectivity index (χ3v) is 2.86. The minimum Gasteiger partial charge on any atom is -0.508 e. The quantitative estimate of drug-likeness (QED) is 0.752. The van der Waals surface area contributed by atoms with Crippen LogP contribution in [0.2, 0.25) is 0 Å². The second-order valence-corrected chi connectivity index (χ2v) is 4.53. The summed E-state index contributed by atoms with van der Waals surface area (Å²) >= 11 is 0. The number of hydrogen-bond acceptors (Lipinski definition) is 4. The first kappa shape index (κ1) is 12.6. The number of benzene rings is 1. The largest absolute Gasteiger partial charge is 0.508 e. The van der Waals surface area contributed by atoms with Crippen LogP contribution in [0.3, 0.4) is 0 Å². The minimum absolute atomic E-state index is 0.139. The van der Waals surface area contributed by atoms with Crippen LogP contribution in [-0.4, -0.2) is 26.3 Å². The molecule has 5 nitrogen and oxygen atoms in total. The van der Waals surface area contributed by atoms with Crippen LogP contribution in [0.1, 0.15) is 31.3 Å². The molecule has 0 saturated heterocycles. The molecule has 1 aromatic carbocycles. The average molecular weight is 246 g/mol. The number of rotatable bonds is 5. The van der Waals surface area contributed by atoms with Gasteiger partial charge in [-0.1, -0.05) is 12.1 Å². The fourth-order valence-corrected chi connectivity index (χ4v) is 1.97. The highest BCUT2D eigenvalue weighted by molar-refractivity contribution is 5.26. The first-order valence-electron chi connectivity index (χ1n) is 6.04. The van der Waals surface area contributed by atoms with E-state index in [1.54, 1.807) is 12.1 Å². The molecule has 18 heavy (non-hydrogen) atoms. The van der Waals surface area contributed by atoms with Gasteiger partial charge in [0.25, 0.3) is 0 Å². The predicted molar refractivity (Wildman–Crippen MR) is 69.2 cm³/mol. The molecule has 2 atom stereocenters. The molecule has 1 aromatic heterocycles. The zero-order valence-electron chi connectivity index (χ0n) is 10.6. The van der Waals surface area contributed by atoms with Crippen LogP contribution in [0.25, 0.3) is 0 Å². The molecule has 0 spiro atoms. The van der Waals surface area contributed by atoms with Crippen molar-refractivity contribution in [3.05, 3.63) is 42.0 Å². The third kappa shape index (κ3) is 3.30. The lowest BCUT2D eigenvalue weighted by molar-refractivity contribution is 0.460. The fourth-order valence-electron chi connectivity index (χ4n) is 1.97. The van der Waals surface area contributed by atoms with Crippen molar-refractivity contribution in [1.82, 2.24) is 20.5 Å². The Kier molecular flexibility index (Phi) is 3.94. The Morgan fingerprint density at radius 3 is 2.61 bits per heavy atom. The van der Waals surface area contributed by atoms with E-state index >= 15 is 0 Å². The summed E-state index contributed by atoms with van der Waals surface area (Å²) in [6, 6.07) is 7.75. The van der Waals surface area contributed by atoms with E-state index in [-0.39, 0.29) is 6.04 Å². The Balaban J connectivity index is 1.88. The summed E-state index contributed by atoms with van der Waals surface area (Å²) in [5.41, 5.74) is 1.19. The Morgan fingerprint density at radius 2 is 2.00 bits per heavy atom. The number of nitrogens with one attached hydrogen (secondary N) is 2. The molecule has 5 heteroatoms. The third-order valence-electron chi connectivity index (χ3n) is 2.86. The van der Waals surface area contributed by atoms with Gasteiger partial charge in [-0.05, 0) is 38.0 Å². The molecule has 0 amide bonds. The standard InChI is InChI=1S/C13H18N4O/c1-9(7-11-3-5-12(18)6-4-11)16-10(2)13-14-8-15-17-13/h3-6,8-10,16,18H,7H2,1-2H3,(H,14,15,17). The summed E-state index contributed by atoms with van der Waals surface area (Å²) in [5, 5.41) is 19.4. The van der Waals surface area contributed by atoms with E-state index in [4.69, 9.17) is 0 Å². The maximum Gasteiger partial charge on any atom is 0.141 e. The van der Waals surface area contributed by atoms with Crippen LogP contribution in [0, 0.1) is 0 Å². The van der Waals surface area contributed by atoms with Gasteiger partial charge in [-0.15, -0.1) is 0 Å². The van der Waals surface area contributed by atoms with Crippen LogP contribution in [-0.2, 0) is 6.42 Å². The zero-order valence-corrected chi connectivity index (χ0v) is 10.6. The molecule has 96 valence electrons. The lowest BCUT2D eigenvalue weighted by Gasteiger charge is -2.18. The van der Waals surface area contributed by atoms with Crippen molar-refractivity contribution in [3.8, 4) is 5.75 Å². The number of aromatic hydroxyl groups is 1. The first-order chi connectivity index (χ1) is 8.65. The van der Waals surface area contributed by atoms with Crippen LogP contribution < -0.4 is 5.32 Å². The number of H-pyrrole nitrogens is 1. The van der Waals surface area contributed by atoms with Gasteiger partial charge in [0.05, 0.1) is 6.04 Å². The average Bonchev–Trinajstić information content (AvgIpc) is 2.85. The molecule has 3 N–H and O–H groups in total. The van der Waals surface area contributed by atoms with Gasteiger partial charge in [-0.3, -0.25) is 5.10 Å². The molecule has 2 unspecified atom stereocenters. The second kappa shape index (κ2) is 5.64. The highest BCUT2D eigenvalue weighted by Gasteiger charge is 2.11. The lowest BCUT2D eigenvalue weighted by Crippen LogP contribution is -2.31. The zero-order chi connectivity index (χ0) is 13.0. The maximum absolute atomic E-state index is 9.23. The minimum atomic E-state index is 0.139. The maximum atomic E-state index is 9.23. The Hall–Kier alpha value is -1.88. The summed E-state index contributed by atoms with van der Waals surface area (Å²) in [6.45, 7) is 4.17. The lowest BCUT2D eigenvalue weighted by atomic mass is 10.1. The van der Waals surface area contributed by atoms with Gasteiger partial charge in [0.2, 0.25) is 0 Å². The number of phenols is 1. The van der Waals surface area contributed by atoms with Gasteiger partial charge < -0.3 is 10.4 Å². The van der Waals surface area contributed by atoms with Crippen molar-refractivity contribution in [2.24, 2.45) is 0 Å². The van der Waals surface area contributed by atoms with E-state index in [1.807, 2.05) is 19.1 Å². The number of aromatic nitrogens is 3. The summed E-state index contributed by atoms with van der Waals surface area (Å²) < 4.78 is 0. The Morgan fingerprint density at radius 1 is 1.28 bits per heavy atom. The van der Waals surface area contributed by atoms with Gasteiger partial charge in [0.15, 0.2) is 0 Å². The van der Waals surface area contributed by atoms with Crippen LogP contribution >= 0.6 is 0 Å². The highest BCUT2D eigenvalue weighted by Crippen LogP contribution is 2.13. The summed E-state index contributed by atoms with van der Waals surface area (Å²) in [6.07, 6.45) is 2.41. The van der Waals surface area contributed by atoms with Crippen molar-refractivity contribution in [1.29, 1.82) is 0 Å². The van der Waals surface area contributed by atoms with E-state index in [9.17, 15) is 5.11 Å². The van der Waals surface area contributed by atoms with Gasteiger partial charge in [-0.25, -0.2) is 4.98 Å². The van der Waals surface area contributed by atoms with E-state index in [0.717, 1.165) is 12.2 Å². The Bertz CT molecular complexity index is 466. The molecule has 2 aromatic rings. The van der Waals surface area contributed by atoms with Gasteiger partial charge in [-0.2, -0.15) is 5.10 Å². The number of nitrogens with zero attached hydrogens (tertiary/aromatic N) is 2. The SMILES string of the molecule is CC(Cc1ccc(O)cc1)NC(C)c1ncn[nH]1. The normalized spacial score (nSPS) is 14.3. The fraction of sp³-hybridized carbons (Fsp3) is 0.385. The monoisotopic (exact) mass is 246 g/mol. The van der Waals surface area contributed by atoms with Crippen molar-refractivity contribution < 1.29 is 5.11 Å². The molecule has 0 saturated carbocycles. The van der Waals surface area contributed by atoms with Gasteiger partial charge >= 0.3 is 0 Å². The number of aromatic amines is 1. The van der Waals surface area contributed by atoms with E-state index in [1.165, 1.54) is 11.9 Å². The van der Waals surface area contributed by atoms with E-state index in [2.05, 4.69) is 27.4 Å². The van der Waals surface area contributed by atoms with E-state index in [0.29, 0.717) is 11.8 Å². The molecule has 0 radical (unpaired) electrons. The molecule has 0 fully saturated rings. The molecule has 0 aliphatic rings. The van der Waals surface area contributed by atoms with Gasteiger partial charge in [0, 0.05) is 6.04 Å². The molecule has 2 rings (SSSR count). The van der Waals surface area contributed by atoms with Crippen LogP contribution in [0.15, 0.2) is 30.6 Å². The number of hydrogen-bond donors (Lipinski definition) is 3. The summed E-state index contributed by atoms with van der Waals surface area (Å²) in [7, 11) is 0. The molecular formula is C13H18N4O. The summed E-state index contributed by atoms with van der Waals surface area (Å²) in [4.78, 5) is 4.13. The van der Waals surface area contributed by atoms with Gasteiger partial charge in [0.1, 0.15) is 17.9 Å². The van der Waals surface area contributed by atoms with Crippen molar-refractivity contribution >= 4 is 0 Å². The van der Waals surface area contributed by atoms with Crippen molar-refractivity contribution in [2.75, 3.05) is 0 Å². The van der Waals surface area contributed by atoms with Crippen molar-refractivity contribution in [3.63, 3.8) is 0 Å². The van der Waals surface area contributed by atoms with Crippen LogP contribution in [0.5, 0.6) is 5.75 Å². The topological polar surface area (TPSA) is 73.8 Å². The number of phenolic OH excluding ortho intramolecular Hbond substituents is 1. The molecular weight excluding hydrogens is 228 g/mol. The smallest absolute Gasteiger partial charge is 0.141 e. The van der Waals surface area contributed by atoms with E-state index < -0.39 is 0 Å². The van der Waals surface area contributed by atoms with Crippen molar-refractivity contribution in [2.45, 2.75) is 32.4 Å². The molecule has 0 aliphatic carbocycles. The Labute approximate surface area is 106 Å². The predicted octanol–water partition coefficient (Wildman–Crippen LogP) is 1.79. The van der Waals surface area contributed by atoms with Crippen LogP contribution in [0.4, 0.5) is 0 Å².